The Balaban J connectivity index is 1.61. The summed E-state index contributed by atoms with van der Waals surface area (Å²) in [5, 5.41) is 9.15. The second-order valence-corrected chi connectivity index (χ2v) is 8.96. The zero-order valence-electron chi connectivity index (χ0n) is 17.8. The molecule has 0 N–H and O–H groups in total. The van der Waals surface area contributed by atoms with Crippen LogP contribution in [-0.2, 0) is 16.8 Å². The monoisotopic (exact) mass is 394 g/mol. The van der Waals surface area contributed by atoms with Crippen molar-refractivity contribution in [2.75, 3.05) is 6.54 Å². The number of hydrogen-bond donors (Lipinski definition) is 0. The molecular formula is C22H30N6O. The normalized spacial score (nSPS) is 17.8. The largest absolute Gasteiger partial charge is 0.334 e. The SMILES string of the molecule is Cc1ccnn1CCC(=O)N1CCCCC1c1ccnc2cc(C(C)(C)C)nn12. The van der Waals surface area contributed by atoms with E-state index in [1.54, 1.807) is 6.20 Å². The number of fused-ring (bicyclic) bond motifs is 1. The lowest BCUT2D eigenvalue weighted by molar-refractivity contribution is -0.135. The van der Waals surface area contributed by atoms with E-state index in [-0.39, 0.29) is 17.4 Å². The highest BCUT2D eigenvalue weighted by Crippen LogP contribution is 2.32. The van der Waals surface area contributed by atoms with Crippen molar-refractivity contribution >= 4 is 11.6 Å². The molecule has 0 radical (unpaired) electrons. The van der Waals surface area contributed by atoms with E-state index in [2.05, 4.69) is 36.9 Å². The van der Waals surface area contributed by atoms with Crippen LogP contribution in [0.2, 0.25) is 0 Å². The van der Waals surface area contributed by atoms with Crippen molar-refractivity contribution in [3.8, 4) is 0 Å². The molecule has 0 aromatic carbocycles. The number of rotatable bonds is 4. The Morgan fingerprint density at radius 1 is 1.21 bits per heavy atom. The number of likely N-dealkylation sites (tertiary alicyclic amines) is 1. The van der Waals surface area contributed by atoms with E-state index in [0.29, 0.717) is 13.0 Å². The minimum atomic E-state index is -0.0470. The molecule has 7 heteroatoms. The Hall–Kier alpha value is -2.70. The van der Waals surface area contributed by atoms with Gasteiger partial charge in [0.1, 0.15) is 0 Å². The van der Waals surface area contributed by atoms with E-state index in [0.717, 1.165) is 48.5 Å². The Kier molecular flexibility index (Phi) is 5.15. The molecule has 4 rings (SSSR count). The van der Waals surface area contributed by atoms with Gasteiger partial charge in [-0.3, -0.25) is 9.48 Å². The maximum absolute atomic E-state index is 13.1. The average molecular weight is 395 g/mol. The van der Waals surface area contributed by atoms with Crippen LogP contribution >= 0.6 is 0 Å². The minimum absolute atomic E-state index is 0.0354. The van der Waals surface area contributed by atoms with E-state index in [1.165, 1.54) is 0 Å². The van der Waals surface area contributed by atoms with Crippen molar-refractivity contribution in [2.24, 2.45) is 0 Å². The molecule has 154 valence electrons. The van der Waals surface area contributed by atoms with E-state index in [9.17, 15) is 4.79 Å². The van der Waals surface area contributed by atoms with Crippen LogP contribution in [-0.4, -0.2) is 41.7 Å². The molecule has 0 aliphatic carbocycles. The van der Waals surface area contributed by atoms with Gasteiger partial charge in [-0.15, -0.1) is 0 Å². The number of amides is 1. The molecule has 7 nitrogen and oxygen atoms in total. The first kappa shape index (κ1) is 19.6. The molecule has 1 unspecified atom stereocenters. The number of aromatic nitrogens is 5. The second kappa shape index (κ2) is 7.61. The third-order valence-corrected chi connectivity index (χ3v) is 5.79. The highest BCUT2D eigenvalue weighted by Gasteiger charge is 2.30. The lowest BCUT2D eigenvalue weighted by Gasteiger charge is -2.36. The second-order valence-electron chi connectivity index (χ2n) is 8.96. The summed E-state index contributed by atoms with van der Waals surface area (Å²) in [6.45, 7) is 9.88. The highest BCUT2D eigenvalue weighted by molar-refractivity contribution is 5.76. The van der Waals surface area contributed by atoms with Crippen LogP contribution in [0.15, 0.2) is 30.6 Å². The summed E-state index contributed by atoms with van der Waals surface area (Å²) >= 11 is 0. The predicted molar refractivity (Wildman–Crippen MR) is 112 cm³/mol. The topological polar surface area (TPSA) is 68.3 Å². The smallest absolute Gasteiger partial charge is 0.224 e. The lowest BCUT2D eigenvalue weighted by atomic mass is 9.93. The fraction of sp³-hybridized carbons (Fsp3) is 0.545. The first-order chi connectivity index (χ1) is 13.8. The van der Waals surface area contributed by atoms with Crippen LogP contribution in [0.1, 0.15) is 69.6 Å². The van der Waals surface area contributed by atoms with Crippen molar-refractivity contribution in [3.05, 3.63) is 47.7 Å². The number of carbonyl (C=O) groups is 1. The third kappa shape index (κ3) is 3.91. The summed E-state index contributed by atoms with van der Waals surface area (Å²) in [6.07, 6.45) is 7.19. The molecule has 3 aromatic heterocycles. The van der Waals surface area contributed by atoms with Gasteiger partial charge in [0.2, 0.25) is 5.91 Å². The van der Waals surface area contributed by atoms with Gasteiger partial charge in [0, 0.05) is 49.1 Å². The molecule has 29 heavy (non-hydrogen) atoms. The van der Waals surface area contributed by atoms with Crippen LogP contribution in [0.4, 0.5) is 0 Å². The summed E-state index contributed by atoms with van der Waals surface area (Å²) in [4.78, 5) is 19.7. The number of aryl methyl sites for hydroxylation is 2. The molecule has 1 saturated heterocycles. The van der Waals surface area contributed by atoms with Crippen molar-refractivity contribution in [1.82, 2.24) is 29.3 Å². The first-order valence-electron chi connectivity index (χ1n) is 10.5. The van der Waals surface area contributed by atoms with Gasteiger partial charge in [-0.1, -0.05) is 20.8 Å². The molecule has 4 heterocycles. The van der Waals surface area contributed by atoms with Crippen molar-refractivity contribution < 1.29 is 4.79 Å². The van der Waals surface area contributed by atoms with Crippen LogP contribution in [0, 0.1) is 6.92 Å². The van der Waals surface area contributed by atoms with Gasteiger partial charge in [-0.25, -0.2) is 9.50 Å². The molecular weight excluding hydrogens is 364 g/mol. The predicted octanol–water partition coefficient (Wildman–Crippen LogP) is 3.68. The van der Waals surface area contributed by atoms with Crippen LogP contribution in [0.25, 0.3) is 5.65 Å². The fourth-order valence-electron chi connectivity index (χ4n) is 4.05. The Morgan fingerprint density at radius 3 is 2.76 bits per heavy atom. The van der Waals surface area contributed by atoms with Gasteiger partial charge >= 0.3 is 0 Å². The molecule has 3 aromatic rings. The summed E-state index contributed by atoms with van der Waals surface area (Å²) in [6, 6.07) is 6.07. The van der Waals surface area contributed by atoms with E-state index >= 15 is 0 Å². The van der Waals surface area contributed by atoms with E-state index in [4.69, 9.17) is 5.10 Å². The number of hydrogen-bond acceptors (Lipinski definition) is 4. The zero-order chi connectivity index (χ0) is 20.6. The Morgan fingerprint density at radius 2 is 2.03 bits per heavy atom. The van der Waals surface area contributed by atoms with Crippen LogP contribution in [0.3, 0.4) is 0 Å². The van der Waals surface area contributed by atoms with Crippen LogP contribution < -0.4 is 0 Å². The molecule has 1 aliphatic rings. The summed E-state index contributed by atoms with van der Waals surface area (Å²) in [5.41, 5.74) is 3.94. The minimum Gasteiger partial charge on any atom is -0.334 e. The van der Waals surface area contributed by atoms with E-state index in [1.807, 2.05) is 39.4 Å². The highest BCUT2D eigenvalue weighted by atomic mass is 16.2. The Bertz CT molecular complexity index is 1010. The number of nitrogens with zero attached hydrogens (tertiary/aromatic N) is 6. The maximum atomic E-state index is 13.1. The van der Waals surface area contributed by atoms with Crippen molar-refractivity contribution in [2.45, 2.75) is 71.4 Å². The summed E-state index contributed by atoms with van der Waals surface area (Å²) in [5.74, 6) is 0.178. The molecule has 1 atom stereocenters. The summed E-state index contributed by atoms with van der Waals surface area (Å²) < 4.78 is 3.83. The van der Waals surface area contributed by atoms with Gasteiger partial charge in [0.25, 0.3) is 0 Å². The van der Waals surface area contributed by atoms with Gasteiger partial charge in [-0.05, 0) is 38.3 Å². The Labute approximate surface area is 171 Å². The first-order valence-corrected chi connectivity index (χ1v) is 10.5. The van der Waals surface area contributed by atoms with Crippen molar-refractivity contribution in [3.63, 3.8) is 0 Å². The van der Waals surface area contributed by atoms with E-state index < -0.39 is 0 Å². The molecule has 1 aliphatic heterocycles. The number of piperidine rings is 1. The van der Waals surface area contributed by atoms with Gasteiger partial charge in [-0.2, -0.15) is 10.2 Å². The number of carbonyl (C=O) groups excluding carboxylic acids is 1. The van der Waals surface area contributed by atoms with Crippen molar-refractivity contribution in [1.29, 1.82) is 0 Å². The lowest BCUT2D eigenvalue weighted by Crippen LogP contribution is -2.39. The average Bonchev–Trinajstić information content (AvgIpc) is 3.31. The third-order valence-electron chi connectivity index (χ3n) is 5.79. The zero-order valence-corrected chi connectivity index (χ0v) is 17.8. The molecule has 0 spiro atoms. The quantitative estimate of drug-likeness (QED) is 0.677. The molecule has 1 amide bonds. The van der Waals surface area contributed by atoms with Gasteiger partial charge in [0.05, 0.1) is 17.4 Å². The summed E-state index contributed by atoms with van der Waals surface area (Å²) in [7, 11) is 0. The molecule has 0 bridgehead atoms. The molecule has 0 saturated carbocycles. The van der Waals surface area contributed by atoms with Gasteiger partial charge < -0.3 is 4.90 Å². The standard InChI is InChI=1S/C22H30N6O/c1-16-8-12-24-27(16)14-10-21(29)26-13-6-5-7-17(26)18-9-11-23-20-15-19(22(2,3)4)25-28(18)20/h8-9,11-12,15,17H,5-7,10,13-14H2,1-4H3. The van der Waals surface area contributed by atoms with Gasteiger partial charge in [0.15, 0.2) is 5.65 Å². The molecule has 1 fully saturated rings. The maximum Gasteiger partial charge on any atom is 0.224 e. The fourth-order valence-corrected chi connectivity index (χ4v) is 4.05. The van der Waals surface area contributed by atoms with Crippen LogP contribution in [0.5, 0.6) is 0 Å².